The third kappa shape index (κ3) is 3.36. The number of rotatable bonds is 4. The van der Waals surface area contributed by atoms with E-state index in [1.165, 1.54) is 25.1 Å². The molecule has 2 nitrogen and oxygen atoms in total. The lowest BCUT2D eigenvalue weighted by Crippen LogP contribution is -2.46. The van der Waals surface area contributed by atoms with E-state index in [1.54, 1.807) is 19.0 Å². The monoisotopic (exact) mass is 246 g/mol. The van der Waals surface area contributed by atoms with E-state index >= 15 is 0 Å². The van der Waals surface area contributed by atoms with Crippen molar-refractivity contribution in [1.29, 1.82) is 0 Å². The number of nitrogens with two attached hydrogens (primary N) is 1. The first kappa shape index (κ1) is 13.8. The molecule has 0 bridgehead atoms. The van der Waals surface area contributed by atoms with Gasteiger partial charge in [-0.25, -0.2) is 13.2 Å². The molecule has 0 heterocycles. The van der Waals surface area contributed by atoms with Crippen molar-refractivity contribution in [3.63, 3.8) is 0 Å². The highest BCUT2D eigenvalue weighted by atomic mass is 19.3. The highest BCUT2D eigenvalue weighted by Crippen LogP contribution is 2.26. The molecule has 96 valence electrons. The minimum absolute atomic E-state index is 0.00153. The van der Waals surface area contributed by atoms with Crippen LogP contribution in [0.4, 0.5) is 18.9 Å². The zero-order valence-electron chi connectivity index (χ0n) is 10.2. The fourth-order valence-corrected chi connectivity index (χ4v) is 1.59. The smallest absolute Gasteiger partial charge is 0.256 e. The minimum atomic E-state index is -2.62. The Hall–Kier alpha value is -1.23. The summed E-state index contributed by atoms with van der Waals surface area (Å²) in [6.07, 6.45) is -2.62. The van der Waals surface area contributed by atoms with Gasteiger partial charge in [0.2, 0.25) is 0 Å². The van der Waals surface area contributed by atoms with Crippen LogP contribution in [-0.4, -0.2) is 26.1 Å². The first-order chi connectivity index (χ1) is 7.74. The Morgan fingerprint density at radius 2 is 1.94 bits per heavy atom. The molecule has 0 amide bonds. The second-order valence-electron chi connectivity index (χ2n) is 4.65. The molecular weight excluding hydrogens is 229 g/mol. The van der Waals surface area contributed by atoms with Crippen LogP contribution in [0.25, 0.3) is 0 Å². The summed E-state index contributed by atoms with van der Waals surface area (Å²) < 4.78 is 38.5. The molecule has 1 unspecified atom stereocenters. The molecule has 0 radical (unpaired) electrons. The summed E-state index contributed by atoms with van der Waals surface area (Å²) in [6.45, 7) is 1.29. The fraction of sp³-hybridized carbons (Fsp3) is 0.500. The van der Waals surface area contributed by atoms with Crippen molar-refractivity contribution in [2.45, 2.75) is 25.3 Å². The SMILES string of the molecule is CN(C)c1cc(F)ccc1CC(C)(N)C(F)F. The van der Waals surface area contributed by atoms with Crippen LogP contribution in [0.15, 0.2) is 18.2 Å². The van der Waals surface area contributed by atoms with Gasteiger partial charge in [-0.2, -0.15) is 0 Å². The molecule has 0 aliphatic rings. The van der Waals surface area contributed by atoms with Crippen molar-refractivity contribution in [2.24, 2.45) is 5.73 Å². The molecule has 0 fully saturated rings. The quantitative estimate of drug-likeness (QED) is 0.884. The second-order valence-corrected chi connectivity index (χ2v) is 4.65. The van der Waals surface area contributed by atoms with Crippen molar-refractivity contribution in [3.05, 3.63) is 29.6 Å². The Kier molecular flexibility index (Phi) is 4.03. The van der Waals surface area contributed by atoms with Crippen LogP contribution >= 0.6 is 0 Å². The zero-order chi connectivity index (χ0) is 13.2. The molecule has 1 rings (SSSR count). The lowest BCUT2D eigenvalue weighted by molar-refractivity contribution is 0.0640. The van der Waals surface area contributed by atoms with Crippen LogP contribution in [0.3, 0.4) is 0 Å². The number of benzene rings is 1. The van der Waals surface area contributed by atoms with Gasteiger partial charge in [-0.15, -0.1) is 0 Å². The normalized spacial score (nSPS) is 14.8. The topological polar surface area (TPSA) is 29.3 Å². The van der Waals surface area contributed by atoms with Crippen molar-refractivity contribution in [1.82, 2.24) is 0 Å². The molecule has 0 spiro atoms. The van der Waals surface area contributed by atoms with Crippen molar-refractivity contribution in [2.75, 3.05) is 19.0 Å². The molecule has 1 aromatic carbocycles. The molecule has 5 heteroatoms. The van der Waals surface area contributed by atoms with Gasteiger partial charge in [0.1, 0.15) is 5.82 Å². The first-order valence-corrected chi connectivity index (χ1v) is 5.27. The minimum Gasteiger partial charge on any atom is -0.377 e. The highest BCUT2D eigenvalue weighted by molar-refractivity contribution is 5.53. The summed E-state index contributed by atoms with van der Waals surface area (Å²) in [5, 5.41) is 0. The molecule has 1 atom stereocenters. The first-order valence-electron chi connectivity index (χ1n) is 5.27. The van der Waals surface area contributed by atoms with Gasteiger partial charge in [0.25, 0.3) is 6.43 Å². The lowest BCUT2D eigenvalue weighted by Gasteiger charge is -2.26. The number of hydrogen-bond donors (Lipinski definition) is 1. The maximum atomic E-state index is 13.1. The zero-order valence-corrected chi connectivity index (χ0v) is 10.2. The van der Waals surface area contributed by atoms with Crippen molar-refractivity contribution in [3.8, 4) is 0 Å². The van der Waals surface area contributed by atoms with Gasteiger partial charge in [-0.1, -0.05) is 6.07 Å². The summed E-state index contributed by atoms with van der Waals surface area (Å²) in [5.41, 5.74) is 5.11. The van der Waals surface area contributed by atoms with Crippen LogP contribution in [0.1, 0.15) is 12.5 Å². The Balaban J connectivity index is 3.06. The fourth-order valence-electron chi connectivity index (χ4n) is 1.59. The number of nitrogens with zero attached hydrogens (tertiary/aromatic N) is 1. The number of anilines is 1. The summed E-state index contributed by atoms with van der Waals surface area (Å²) in [7, 11) is 3.46. The lowest BCUT2D eigenvalue weighted by atomic mass is 9.93. The maximum Gasteiger partial charge on any atom is 0.256 e. The molecule has 0 aliphatic heterocycles. The van der Waals surface area contributed by atoms with E-state index < -0.39 is 17.8 Å². The predicted octanol–water partition coefficient (Wildman–Crippen LogP) is 2.42. The van der Waals surface area contributed by atoms with E-state index in [9.17, 15) is 13.2 Å². The molecule has 2 N–H and O–H groups in total. The van der Waals surface area contributed by atoms with Gasteiger partial charge in [-0.05, 0) is 31.0 Å². The summed E-state index contributed by atoms with van der Waals surface area (Å²) in [6, 6.07) is 4.07. The Morgan fingerprint density at radius 3 is 2.41 bits per heavy atom. The number of alkyl halides is 2. The molecule has 1 aromatic rings. The predicted molar refractivity (Wildman–Crippen MR) is 63.0 cm³/mol. The Morgan fingerprint density at radius 1 is 1.35 bits per heavy atom. The number of hydrogen-bond acceptors (Lipinski definition) is 2. The summed E-state index contributed by atoms with van der Waals surface area (Å²) in [5.74, 6) is -0.395. The van der Waals surface area contributed by atoms with Gasteiger partial charge >= 0.3 is 0 Å². The third-order valence-electron chi connectivity index (χ3n) is 2.60. The Bertz CT molecular complexity index is 389. The number of halogens is 3. The van der Waals surface area contributed by atoms with Gasteiger partial charge in [0.15, 0.2) is 0 Å². The average molecular weight is 246 g/mol. The van der Waals surface area contributed by atoms with Gasteiger partial charge in [0, 0.05) is 19.8 Å². The van der Waals surface area contributed by atoms with Gasteiger partial charge < -0.3 is 10.6 Å². The van der Waals surface area contributed by atoms with E-state index in [2.05, 4.69) is 0 Å². The van der Waals surface area contributed by atoms with E-state index in [0.717, 1.165) is 0 Å². The van der Waals surface area contributed by atoms with Crippen molar-refractivity contribution < 1.29 is 13.2 Å². The van der Waals surface area contributed by atoms with Gasteiger partial charge in [0.05, 0.1) is 5.54 Å². The van der Waals surface area contributed by atoms with Crippen LogP contribution in [0.2, 0.25) is 0 Å². The summed E-state index contributed by atoms with van der Waals surface area (Å²) >= 11 is 0. The van der Waals surface area contributed by atoms with E-state index in [-0.39, 0.29) is 6.42 Å². The van der Waals surface area contributed by atoms with Crippen LogP contribution in [-0.2, 0) is 6.42 Å². The molecule has 17 heavy (non-hydrogen) atoms. The second kappa shape index (κ2) is 4.96. The maximum absolute atomic E-state index is 13.1. The molecule has 0 saturated carbocycles. The van der Waals surface area contributed by atoms with Crippen LogP contribution in [0, 0.1) is 5.82 Å². The molecule has 0 aromatic heterocycles. The Labute approximate surface area is 99.2 Å². The molecule has 0 saturated heterocycles. The third-order valence-corrected chi connectivity index (χ3v) is 2.60. The molecule has 0 aliphatic carbocycles. The largest absolute Gasteiger partial charge is 0.377 e. The van der Waals surface area contributed by atoms with Crippen LogP contribution < -0.4 is 10.6 Å². The highest BCUT2D eigenvalue weighted by Gasteiger charge is 2.31. The van der Waals surface area contributed by atoms with Crippen LogP contribution in [0.5, 0.6) is 0 Å². The van der Waals surface area contributed by atoms with Crippen molar-refractivity contribution >= 4 is 5.69 Å². The summed E-state index contributed by atoms with van der Waals surface area (Å²) in [4.78, 5) is 1.68. The van der Waals surface area contributed by atoms with E-state index in [1.807, 2.05) is 0 Å². The average Bonchev–Trinajstić information content (AvgIpc) is 2.19. The van der Waals surface area contributed by atoms with E-state index in [4.69, 9.17) is 5.73 Å². The standard InChI is InChI=1S/C12H17F3N2/c1-12(16,11(14)15)7-8-4-5-9(13)6-10(8)17(2)3/h4-6,11H,7,16H2,1-3H3. The molecular formula is C12H17F3N2. The van der Waals surface area contributed by atoms with Gasteiger partial charge in [-0.3, -0.25) is 0 Å². The van der Waals surface area contributed by atoms with E-state index in [0.29, 0.717) is 11.3 Å².